The summed E-state index contributed by atoms with van der Waals surface area (Å²) in [5.41, 5.74) is 1.24. The minimum Gasteiger partial charge on any atom is -0.448 e. The quantitative estimate of drug-likeness (QED) is 0.850. The number of nitrogens with one attached hydrogen (secondary N) is 1. The minimum atomic E-state index is -0.967. The van der Waals surface area contributed by atoms with Gasteiger partial charge in [-0.2, -0.15) is 0 Å². The molecule has 6 nitrogen and oxygen atoms in total. The molecule has 3 rings (SSSR count). The Morgan fingerprint density at radius 3 is 2.71 bits per heavy atom. The number of amides is 3. The molecule has 1 aliphatic carbocycles. The predicted octanol–water partition coefficient (Wildman–Crippen LogP) is 2.50. The zero-order valence-corrected chi connectivity index (χ0v) is 14.6. The molecule has 1 saturated heterocycles. The summed E-state index contributed by atoms with van der Waals surface area (Å²) in [4.78, 5) is 39.0. The Labute approximate surface area is 145 Å². The highest BCUT2D eigenvalue weighted by Crippen LogP contribution is 2.29. The van der Waals surface area contributed by atoms with Gasteiger partial charge in [0.1, 0.15) is 4.88 Å². The molecule has 0 unspecified atom stereocenters. The SMILES string of the molecule is C[C@H](OC(=O)c1cc2c(s1)CCCCCC2)C(=O)N1CCNC1=O. The fourth-order valence-electron chi connectivity index (χ4n) is 3.12. The topological polar surface area (TPSA) is 75.7 Å². The number of hydrogen-bond acceptors (Lipinski definition) is 5. The first kappa shape index (κ1) is 17.0. The van der Waals surface area contributed by atoms with Crippen molar-refractivity contribution in [2.24, 2.45) is 0 Å². The zero-order valence-electron chi connectivity index (χ0n) is 13.8. The summed E-state index contributed by atoms with van der Waals surface area (Å²) < 4.78 is 5.30. The lowest BCUT2D eigenvalue weighted by Gasteiger charge is -2.17. The molecule has 0 saturated carbocycles. The Morgan fingerprint density at radius 2 is 2.00 bits per heavy atom. The summed E-state index contributed by atoms with van der Waals surface area (Å²) in [5.74, 6) is -0.958. The molecule has 1 aliphatic heterocycles. The Kier molecular flexibility index (Phi) is 5.18. The zero-order chi connectivity index (χ0) is 17.1. The van der Waals surface area contributed by atoms with Crippen molar-refractivity contribution in [2.45, 2.75) is 51.6 Å². The van der Waals surface area contributed by atoms with Crippen LogP contribution in [0.15, 0.2) is 6.07 Å². The maximum Gasteiger partial charge on any atom is 0.349 e. The maximum atomic E-state index is 12.4. The van der Waals surface area contributed by atoms with Gasteiger partial charge in [-0.05, 0) is 44.2 Å². The first-order chi connectivity index (χ1) is 11.6. The van der Waals surface area contributed by atoms with Gasteiger partial charge in [0.2, 0.25) is 0 Å². The normalized spacial score (nSPS) is 19.0. The lowest BCUT2D eigenvalue weighted by Crippen LogP contribution is -2.41. The highest BCUT2D eigenvalue weighted by molar-refractivity contribution is 7.14. The number of carbonyl (C=O) groups is 3. The van der Waals surface area contributed by atoms with Gasteiger partial charge in [0.25, 0.3) is 5.91 Å². The highest BCUT2D eigenvalue weighted by Gasteiger charge is 2.32. The monoisotopic (exact) mass is 350 g/mol. The maximum absolute atomic E-state index is 12.4. The fraction of sp³-hybridized carbons (Fsp3) is 0.588. The van der Waals surface area contributed by atoms with Crippen molar-refractivity contribution in [1.29, 1.82) is 0 Å². The van der Waals surface area contributed by atoms with E-state index in [0.717, 1.165) is 30.6 Å². The highest BCUT2D eigenvalue weighted by atomic mass is 32.1. The average molecular weight is 350 g/mol. The van der Waals surface area contributed by atoms with Crippen LogP contribution >= 0.6 is 11.3 Å². The van der Waals surface area contributed by atoms with Crippen LogP contribution in [0.2, 0.25) is 0 Å². The van der Waals surface area contributed by atoms with Gasteiger partial charge in [-0.3, -0.25) is 9.69 Å². The summed E-state index contributed by atoms with van der Waals surface area (Å²) >= 11 is 1.47. The first-order valence-electron chi connectivity index (χ1n) is 8.48. The number of urea groups is 1. The van der Waals surface area contributed by atoms with Gasteiger partial charge >= 0.3 is 12.0 Å². The molecular formula is C17H22N2O4S. The van der Waals surface area contributed by atoms with Crippen LogP contribution in [0.3, 0.4) is 0 Å². The smallest absolute Gasteiger partial charge is 0.349 e. The number of rotatable bonds is 3. The second-order valence-corrected chi connectivity index (χ2v) is 7.38. The Morgan fingerprint density at radius 1 is 1.25 bits per heavy atom. The van der Waals surface area contributed by atoms with Crippen molar-refractivity contribution in [2.75, 3.05) is 13.1 Å². The summed E-state index contributed by atoms with van der Waals surface area (Å²) in [6.45, 7) is 2.26. The molecule has 1 N–H and O–H groups in total. The lowest BCUT2D eigenvalue weighted by molar-refractivity contribution is -0.135. The fourth-order valence-corrected chi connectivity index (χ4v) is 4.25. The van der Waals surface area contributed by atoms with E-state index < -0.39 is 24.0 Å². The third-order valence-electron chi connectivity index (χ3n) is 4.45. The van der Waals surface area contributed by atoms with E-state index in [0.29, 0.717) is 18.0 Å². The van der Waals surface area contributed by atoms with Crippen molar-refractivity contribution in [3.63, 3.8) is 0 Å². The van der Waals surface area contributed by atoms with Gasteiger partial charge in [0.05, 0.1) is 0 Å². The van der Waals surface area contributed by atoms with E-state index in [2.05, 4.69) is 5.32 Å². The number of thiophene rings is 1. The summed E-state index contributed by atoms with van der Waals surface area (Å²) in [6, 6.07) is 1.48. The molecule has 0 bridgehead atoms. The largest absolute Gasteiger partial charge is 0.448 e. The Balaban J connectivity index is 1.65. The van der Waals surface area contributed by atoms with E-state index in [1.165, 1.54) is 41.5 Å². The van der Waals surface area contributed by atoms with Crippen LogP contribution in [-0.4, -0.2) is 42.0 Å². The number of imide groups is 1. The van der Waals surface area contributed by atoms with Crippen LogP contribution < -0.4 is 5.32 Å². The van der Waals surface area contributed by atoms with Gasteiger partial charge < -0.3 is 10.1 Å². The standard InChI is InChI=1S/C17H22N2O4S/c1-11(15(20)19-9-8-18-17(19)22)23-16(21)14-10-12-6-4-2-3-5-7-13(12)24-14/h10-11H,2-9H2,1H3,(H,18,22)/t11-/m0/s1. The molecule has 7 heteroatoms. The number of hydrogen-bond donors (Lipinski definition) is 1. The van der Waals surface area contributed by atoms with Crippen LogP contribution in [0.1, 0.15) is 52.7 Å². The summed E-state index contributed by atoms with van der Waals surface area (Å²) in [6.07, 6.45) is 5.82. The first-order valence-corrected chi connectivity index (χ1v) is 9.29. The van der Waals surface area contributed by atoms with Crippen molar-refractivity contribution in [3.8, 4) is 0 Å². The van der Waals surface area contributed by atoms with Gasteiger partial charge in [0, 0.05) is 18.0 Å². The van der Waals surface area contributed by atoms with Crippen LogP contribution in [-0.2, 0) is 22.4 Å². The Bertz CT molecular complexity index is 630. The number of ether oxygens (including phenoxy) is 1. The number of carbonyl (C=O) groups excluding carboxylic acids is 3. The summed E-state index contributed by atoms with van der Waals surface area (Å²) in [5, 5.41) is 2.56. The molecule has 24 heavy (non-hydrogen) atoms. The molecule has 1 aromatic rings. The molecule has 2 heterocycles. The molecule has 1 atom stereocenters. The van der Waals surface area contributed by atoms with Crippen molar-refractivity contribution >= 4 is 29.2 Å². The molecule has 0 radical (unpaired) electrons. The average Bonchev–Trinajstić information content (AvgIpc) is 3.12. The molecule has 2 aliphatic rings. The lowest BCUT2D eigenvalue weighted by atomic mass is 10.00. The van der Waals surface area contributed by atoms with Gasteiger partial charge in [-0.25, -0.2) is 9.59 Å². The van der Waals surface area contributed by atoms with E-state index in [9.17, 15) is 14.4 Å². The van der Waals surface area contributed by atoms with E-state index >= 15 is 0 Å². The molecule has 0 spiro atoms. The van der Waals surface area contributed by atoms with E-state index in [4.69, 9.17) is 4.74 Å². The number of fused-ring (bicyclic) bond motifs is 1. The van der Waals surface area contributed by atoms with Crippen molar-refractivity contribution in [1.82, 2.24) is 10.2 Å². The third-order valence-corrected chi connectivity index (χ3v) is 5.67. The number of esters is 1. The number of nitrogens with zero attached hydrogens (tertiary/aromatic N) is 1. The molecule has 0 aromatic carbocycles. The van der Waals surface area contributed by atoms with Crippen LogP contribution in [0.5, 0.6) is 0 Å². The summed E-state index contributed by atoms with van der Waals surface area (Å²) in [7, 11) is 0. The van der Waals surface area contributed by atoms with Crippen molar-refractivity contribution < 1.29 is 19.1 Å². The second kappa shape index (κ2) is 7.34. The molecule has 130 valence electrons. The van der Waals surface area contributed by atoms with Gasteiger partial charge in [0.15, 0.2) is 6.10 Å². The molecule has 1 fully saturated rings. The van der Waals surface area contributed by atoms with Crippen LogP contribution in [0.4, 0.5) is 4.79 Å². The molecule has 1 aromatic heterocycles. The van der Waals surface area contributed by atoms with E-state index in [-0.39, 0.29) is 0 Å². The minimum absolute atomic E-state index is 0.312. The van der Waals surface area contributed by atoms with Crippen LogP contribution in [0, 0.1) is 0 Å². The second-order valence-electron chi connectivity index (χ2n) is 6.24. The van der Waals surface area contributed by atoms with E-state index in [1.807, 2.05) is 6.07 Å². The molecule has 3 amide bonds. The van der Waals surface area contributed by atoms with E-state index in [1.54, 1.807) is 0 Å². The van der Waals surface area contributed by atoms with Crippen molar-refractivity contribution in [3.05, 3.63) is 21.4 Å². The predicted molar refractivity (Wildman–Crippen MR) is 90.2 cm³/mol. The Hall–Kier alpha value is -1.89. The number of aryl methyl sites for hydroxylation is 2. The van der Waals surface area contributed by atoms with Crippen LogP contribution in [0.25, 0.3) is 0 Å². The van der Waals surface area contributed by atoms with Gasteiger partial charge in [-0.15, -0.1) is 11.3 Å². The third kappa shape index (κ3) is 3.61. The molecular weight excluding hydrogens is 328 g/mol. The van der Waals surface area contributed by atoms with Gasteiger partial charge in [-0.1, -0.05) is 12.8 Å².